The van der Waals surface area contributed by atoms with Crippen LogP contribution in [0.15, 0.2) is 60.7 Å². The standard InChI is InChI=1S/C18H18O/c1-14(2)16-11-8-15(9-12-16)10-13-18(19)17-6-4-3-5-7-17/h3-14H,1-2H3/b13-10-. The Morgan fingerprint density at radius 3 is 2.16 bits per heavy atom. The highest BCUT2D eigenvalue weighted by Gasteiger charge is 2.00. The molecule has 19 heavy (non-hydrogen) atoms. The second kappa shape index (κ2) is 6.14. The maximum Gasteiger partial charge on any atom is 0.185 e. The first kappa shape index (κ1) is 13.3. The van der Waals surface area contributed by atoms with Crippen LogP contribution in [0.25, 0.3) is 6.08 Å². The lowest BCUT2D eigenvalue weighted by atomic mass is 10.0. The Hall–Kier alpha value is -2.15. The minimum Gasteiger partial charge on any atom is -0.289 e. The van der Waals surface area contributed by atoms with Crippen LogP contribution in [0.2, 0.25) is 0 Å². The highest BCUT2D eigenvalue weighted by molar-refractivity contribution is 6.06. The molecule has 0 unspecified atom stereocenters. The Morgan fingerprint density at radius 1 is 0.947 bits per heavy atom. The van der Waals surface area contributed by atoms with E-state index in [9.17, 15) is 4.79 Å². The second-order valence-corrected chi connectivity index (χ2v) is 4.88. The number of hydrogen-bond acceptors (Lipinski definition) is 1. The van der Waals surface area contributed by atoms with E-state index in [1.165, 1.54) is 5.56 Å². The molecule has 0 spiro atoms. The van der Waals surface area contributed by atoms with Crippen molar-refractivity contribution in [3.63, 3.8) is 0 Å². The zero-order chi connectivity index (χ0) is 13.7. The highest BCUT2D eigenvalue weighted by atomic mass is 16.1. The average Bonchev–Trinajstić information content (AvgIpc) is 2.46. The third-order valence-corrected chi connectivity index (χ3v) is 3.09. The maximum absolute atomic E-state index is 11.9. The van der Waals surface area contributed by atoms with Crippen LogP contribution in [0.3, 0.4) is 0 Å². The molecule has 0 aliphatic heterocycles. The maximum atomic E-state index is 11.9. The molecule has 2 aromatic rings. The largest absolute Gasteiger partial charge is 0.289 e. The van der Waals surface area contributed by atoms with Gasteiger partial charge in [-0.3, -0.25) is 4.79 Å². The van der Waals surface area contributed by atoms with E-state index in [0.717, 1.165) is 11.1 Å². The normalized spacial score (nSPS) is 11.1. The SMILES string of the molecule is CC(C)c1ccc(/C=C\C(=O)c2ccccc2)cc1. The van der Waals surface area contributed by atoms with E-state index in [4.69, 9.17) is 0 Å². The van der Waals surface area contributed by atoms with Crippen LogP contribution in [0.1, 0.15) is 41.3 Å². The molecule has 1 nitrogen and oxygen atoms in total. The van der Waals surface area contributed by atoms with Crippen molar-refractivity contribution in [3.8, 4) is 0 Å². The molecule has 0 heterocycles. The van der Waals surface area contributed by atoms with Gasteiger partial charge in [-0.2, -0.15) is 0 Å². The van der Waals surface area contributed by atoms with Crippen molar-refractivity contribution in [3.05, 3.63) is 77.4 Å². The summed E-state index contributed by atoms with van der Waals surface area (Å²) in [6.45, 7) is 4.34. The molecule has 0 aliphatic rings. The summed E-state index contributed by atoms with van der Waals surface area (Å²) in [6.07, 6.45) is 3.49. The van der Waals surface area contributed by atoms with Gasteiger partial charge in [0.05, 0.1) is 0 Å². The van der Waals surface area contributed by atoms with E-state index < -0.39 is 0 Å². The topological polar surface area (TPSA) is 17.1 Å². The molecule has 0 saturated carbocycles. The van der Waals surface area contributed by atoms with Crippen LogP contribution in [0.4, 0.5) is 0 Å². The van der Waals surface area contributed by atoms with Crippen molar-refractivity contribution in [1.82, 2.24) is 0 Å². The molecule has 0 atom stereocenters. The number of hydrogen-bond donors (Lipinski definition) is 0. The van der Waals surface area contributed by atoms with E-state index in [1.807, 2.05) is 48.5 Å². The number of rotatable bonds is 4. The van der Waals surface area contributed by atoms with Gasteiger partial charge in [0.15, 0.2) is 5.78 Å². The zero-order valence-corrected chi connectivity index (χ0v) is 11.3. The fourth-order valence-electron chi connectivity index (χ4n) is 1.86. The van der Waals surface area contributed by atoms with Crippen molar-refractivity contribution >= 4 is 11.9 Å². The van der Waals surface area contributed by atoms with Gasteiger partial charge in [-0.1, -0.05) is 74.5 Å². The van der Waals surface area contributed by atoms with Gasteiger partial charge in [0.1, 0.15) is 0 Å². The Kier molecular flexibility index (Phi) is 4.30. The Balaban J connectivity index is 2.08. The number of carbonyl (C=O) groups is 1. The van der Waals surface area contributed by atoms with Crippen LogP contribution in [0, 0.1) is 0 Å². The summed E-state index contributed by atoms with van der Waals surface area (Å²) >= 11 is 0. The monoisotopic (exact) mass is 250 g/mol. The average molecular weight is 250 g/mol. The predicted molar refractivity (Wildman–Crippen MR) is 80.3 cm³/mol. The molecule has 96 valence electrons. The molecule has 1 heteroatoms. The van der Waals surface area contributed by atoms with Gasteiger partial charge in [-0.05, 0) is 23.1 Å². The molecule has 2 rings (SSSR count). The first-order valence-corrected chi connectivity index (χ1v) is 6.54. The minimum absolute atomic E-state index is 0.0357. The van der Waals surface area contributed by atoms with E-state index in [2.05, 4.69) is 26.0 Å². The smallest absolute Gasteiger partial charge is 0.185 e. The molecule has 0 fully saturated rings. The third-order valence-electron chi connectivity index (χ3n) is 3.09. The van der Waals surface area contributed by atoms with Crippen molar-refractivity contribution < 1.29 is 4.79 Å². The van der Waals surface area contributed by atoms with Crippen molar-refractivity contribution in [2.45, 2.75) is 19.8 Å². The molecule has 0 amide bonds. The fraction of sp³-hybridized carbons (Fsp3) is 0.167. The van der Waals surface area contributed by atoms with Crippen LogP contribution < -0.4 is 0 Å². The van der Waals surface area contributed by atoms with E-state index in [1.54, 1.807) is 6.08 Å². The van der Waals surface area contributed by atoms with Gasteiger partial charge in [0.25, 0.3) is 0 Å². The molecule has 0 radical (unpaired) electrons. The van der Waals surface area contributed by atoms with Crippen molar-refractivity contribution in [2.24, 2.45) is 0 Å². The summed E-state index contributed by atoms with van der Waals surface area (Å²) in [4.78, 5) is 11.9. The zero-order valence-electron chi connectivity index (χ0n) is 11.3. The molecule has 0 aromatic heterocycles. The van der Waals surface area contributed by atoms with Gasteiger partial charge in [-0.15, -0.1) is 0 Å². The second-order valence-electron chi connectivity index (χ2n) is 4.88. The summed E-state index contributed by atoms with van der Waals surface area (Å²) in [5.41, 5.74) is 3.08. The summed E-state index contributed by atoms with van der Waals surface area (Å²) in [7, 11) is 0. The van der Waals surface area contributed by atoms with Crippen molar-refractivity contribution in [2.75, 3.05) is 0 Å². The van der Waals surface area contributed by atoms with Gasteiger partial charge in [0, 0.05) is 5.56 Å². The molecular formula is C18H18O. The summed E-state index contributed by atoms with van der Waals surface area (Å²) in [5.74, 6) is 0.567. The van der Waals surface area contributed by atoms with Crippen LogP contribution >= 0.6 is 0 Å². The predicted octanol–water partition coefficient (Wildman–Crippen LogP) is 4.71. The minimum atomic E-state index is 0.0357. The van der Waals surface area contributed by atoms with Gasteiger partial charge >= 0.3 is 0 Å². The lowest BCUT2D eigenvalue weighted by Gasteiger charge is -2.04. The number of allylic oxidation sites excluding steroid dienone is 1. The number of ketones is 1. The Morgan fingerprint density at radius 2 is 1.58 bits per heavy atom. The van der Waals surface area contributed by atoms with Crippen LogP contribution in [-0.2, 0) is 0 Å². The number of carbonyl (C=O) groups excluding carboxylic acids is 1. The fourth-order valence-corrected chi connectivity index (χ4v) is 1.86. The van der Waals surface area contributed by atoms with E-state index in [-0.39, 0.29) is 5.78 Å². The quantitative estimate of drug-likeness (QED) is 0.567. The summed E-state index contributed by atoms with van der Waals surface area (Å²) < 4.78 is 0. The van der Waals surface area contributed by atoms with E-state index in [0.29, 0.717) is 5.92 Å². The molecular weight excluding hydrogens is 232 g/mol. The Bertz CT molecular complexity index is 562. The van der Waals surface area contributed by atoms with Crippen LogP contribution in [-0.4, -0.2) is 5.78 Å². The Labute approximate surface area is 114 Å². The van der Waals surface area contributed by atoms with E-state index >= 15 is 0 Å². The lowest BCUT2D eigenvalue weighted by Crippen LogP contribution is -1.92. The molecule has 0 N–H and O–H groups in total. The highest BCUT2D eigenvalue weighted by Crippen LogP contribution is 2.15. The number of benzene rings is 2. The van der Waals surface area contributed by atoms with Crippen LogP contribution in [0.5, 0.6) is 0 Å². The first-order valence-electron chi connectivity index (χ1n) is 6.54. The molecule has 0 saturated heterocycles. The molecule has 2 aromatic carbocycles. The van der Waals surface area contributed by atoms with Gasteiger partial charge < -0.3 is 0 Å². The first-order chi connectivity index (χ1) is 9.16. The van der Waals surface area contributed by atoms with Gasteiger partial charge in [-0.25, -0.2) is 0 Å². The summed E-state index contributed by atoms with van der Waals surface area (Å²) in [5, 5.41) is 0. The summed E-state index contributed by atoms with van der Waals surface area (Å²) in [6, 6.07) is 17.6. The third kappa shape index (κ3) is 3.65. The van der Waals surface area contributed by atoms with Gasteiger partial charge in [0.2, 0.25) is 0 Å². The lowest BCUT2D eigenvalue weighted by molar-refractivity contribution is 0.104. The van der Waals surface area contributed by atoms with Crippen molar-refractivity contribution in [1.29, 1.82) is 0 Å². The molecule has 0 aliphatic carbocycles. The molecule has 0 bridgehead atoms.